The van der Waals surface area contributed by atoms with Crippen LogP contribution in [0.4, 0.5) is 5.69 Å². The van der Waals surface area contributed by atoms with Crippen LogP contribution in [0.3, 0.4) is 0 Å². The van der Waals surface area contributed by atoms with Gasteiger partial charge in [-0.1, -0.05) is 12.1 Å². The zero-order valence-electron chi connectivity index (χ0n) is 13.5. The Bertz CT molecular complexity index is 1140. The lowest BCUT2D eigenvalue weighted by atomic mass is 10.2. The molecular formula is C17H15N3O5S. The lowest BCUT2D eigenvalue weighted by Crippen LogP contribution is -2.24. The number of benzene rings is 2. The summed E-state index contributed by atoms with van der Waals surface area (Å²) in [5, 5.41) is 2.65. The van der Waals surface area contributed by atoms with E-state index in [0.29, 0.717) is 16.8 Å². The summed E-state index contributed by atoms with van der Waals surface area (Å²) in [4.78, 5) is 26.0. The van der Waals surface area contributed by atoms with Gasteiger partial charge in [0.25, 0.3) is 5.91 Å². The molecule has 134 valence electrons. The Kier molecular flexibility index (Phi) is 4.74. The number of carbonyl (C=O) groups is 1. The minimum absolute atomic E-state index is 0.0263. The van der Waals surface area contributed by atoms with Crippen molar-refractivity contribution in [2.24, 2.45) is 0 Å². The predicted octanol–water partition coefficient (Wildman–Crippen LogP) is 1.84. The molecule has 0 saturated carbocycles. The molecule has 3 N–H and O–H groups in total. The van der Waals surface area contributed by atoms with Crippen molar-refractivity contribution >= 4 is 32.7 Å². The molecule has 0 atom stereocenters. The van der Waals surface area contributed by atoms with Crippen molar-refractivity contribution in [3.63, 3.8) is 0 Å². The topological polar surface area (TPSA) is 121 Å². The molecule has 1 aromatic heterocycles. The first kappa shape index (κ1) is 17.6. The molecule has 0 bridgehead atoms. The van der Waals surface area contributed by atoms with E-state index in [0.717, 1.165) is 0 Å². The molecule has 2 aromatic carbocycles. The number of anilines is 1. The van der Waals surface area contributed by atoms with Gasteiger partial charge in [0, 0.05) is 17.8 Å². The van der Waals surface area contributed by atoms with Gasteiger partial charge in [-0.05, 0) is 36.4 Å². The van der Waals surface area contributed by atoms with Crippen molar-refractivity contribution in [3.05, 3.63) is 71.2 Å². The summed E-state index contributed by atoms with van der Waals surface area (Å²) in [7, 11) is -3.73. The van der Waals surface area contributed by atoms with Crippen LogP contribution in [0.15, 0.2) is 69.2 Å². The fourth-order valence-corrected chi connectivity index (χ4v) is 3.33. The lowest BCUT2D eigenvalue weighted by Gasteiger charge is -2.08. The first-order chi connectivity index (χ1) is 12.4. The van der Waals surface area contributed by atoms with Crippen LogP contribution in [0.5, 0.6) is 0 Å². The van der Waals surface area contributed by atoms with Gasteiger partial charge in [0.2, 0.25) is 10.0 Å². The van der Waals surface area contributed by atoms with Crippen molar-refractivity contribution < 1.29 is 17.6 Å². The van der Waals surface area contributed by atoms with Gasteiger partial charge >= 0.3 is 5.76 Å². The second kappa shape index (κ2) is 6.98. The first-order valence-electron chi connectivity index (χ1n) is 7.54. The van der Waals surface area contributed by atoms with E-state index in [2.05, 4.69) is 21.6 Å². The summed E-state index contributed by atoms with van der Waals surface area (Å²) >= 11 is 0. The molecule has 0 radical (unpaired) electrons. The Morgan fingerprint density at radius 3 is 2.81 bits per heavy atom. The van der Waals surface area contributed by atoms with E-state index in [1.165, 1.54) is 30.3 Å². The molecule has 3 aromatic rings. The predicted molar refractivity (Wildman–Crippen MR) is 96.6 cm³/mol. The van der Waals surface area contributed by atoms with Crippen LogP contribution in [0.2, 0.25) is 0 Å². The first-order valence-corrected chi connectivity index (χ1v) is 9.02. The maximum Gasteiger partial charge on any atom is 0.417 e. The Balaban J connectivity index is 1.84. The van der Waals surface area contributed by atoms with E-state index in [1.807, 2.05) is 0 Å². The van der Waals surface area contributed by atoms with E-state index in [4.69, 9.17) is 4.42 Å². The number of carbonyl (C=O) groups excluding carboxylic acids is 1. The largest absolute Gasteiger partial charge is 0.417 e. The second-order valence-electron chi connectivity index (χ2n) is 5.35. The number of fused-ring (bicyclic) bond motifs is 1. The van der Waals surface area contributed by atoms with Gasteiger partial charge in [0.05, 0.1) is 10.4 Å². The number of nitrogens with one attached hydrogen (secondary N) is 3. The molecule has 0 aliphatic heterocycles. The maximum atomic E-state index is 12.4. The van der Waals surface area contributed by atoms with Crippen LogP contribution < -0.4 is 15.8 Å². The Labute approximate surface area is 148 Å². The number of H-pyrrole nitrogens is 1. The Hall–Kier alpha value is -3.17. The van der Waals surface area contributed by atoms with Crippen LogP contribution in [0, 0.1) is 0 Å². The van der Waals surface area contributed by atoms with Crippen LogP contribution in [-0.4, -0.2) is 25.9 Å². The standard InChI is InChI=1S/C17H15N3O5S/c1-2-8-18-26(23,24)13-5-3-4-11(9-13)16(21)19-12-6-7-15-14(10-12)20-17(22)25-15/h2-7,9-10,18H,1,8H2,(H,19,21)(H,20,22). The van der Waals surface area contributed by atoms with E-state index in [-0.39, 0.29) is 17.0 Å². The van der Waals surface area contributed by atoms with Gasteiger partial charge in [0.1, 0.15) is 0 Å². The van der Waals surface area contributed by atoms with Gasteiger partial charge in [-0.25, -0.2) is 17.9 Å². The highest BCUT2D eigenvalue weighted by atomic mass is 32.2. The fourth-order valence-electron chi connectivity index (χ4n) is 2.29. The average molecular weight is 373 g/mol. The summed E-state index contributed by atoms with van der Waals surface area (Å²) in [6.45, 7) is 3.54. The van der Waals surface area contributed by atoms with Crippen molar-refractivity contribution in [2.75, 3.05) is 11.9 Å². The minimum Gasteiger partial charge on any atom is -0.408 e. The van der Waals surface area contributed by atoms with E-state index in [9.17, 15) is 18.0 Å². The molecular weight excluding hydrogens is 358 g/mol. The number of hydrogen-bond donors (Lipinski definition) is 3. The maximum absolute atomic E-state index is 12.4. The Morgan fingerprint density at radius 2 is 2.04 bits per heavy atom. The van der Waals surface area contributed by atoms with Crippen LogP contribution >= 0.6 is 0 Å². The van der Waals surface area contributed by atoms with Gasteiger partial charge in [-0.15, -0.1) is 6.58 Å². The fraction of sp³-hybridized carbons (Fsp3) is 0.0588. The van der Waals surface area contributed by atoms with Crippen molar-refractivity contribution in [1.82, 2.24) is 9.71 Å². The highest BCUT2D eigenvalue weighted by molar-refractivity contribution is 7.89. The summed E-state index contributed by atoms with van der Waals surface area (Å²) < 4.78 is 31.5. The minimum atomic E-state index is -3.73. The number of amides is 1. The quantitative estimate of drug-likeness (QED) is 0.569. The molecule has 9 heteroatoms. The Morgan fingerprint density at radius 1 is 1.23 bits per heavy atom. The number of oxazole rings is 1. The van der Waals surface area contributed by atoms with E-state index in [1.54, 1.807) is 18.2 Å². The zero-order valence-corrected chi connectivity index (χ0v) is 14.3. The van der Waals surface area contributed by atoms with E-state index < -0.39 is 21.7 Å². The molecule has 0 aliphatic carbocycles. The third-order valence-corrected chi connectivity index (χ3v) is 4.92. The second-order valence-corrected chi connectivity index (χ2v) is 7.11. The van der Waals surface area contributed by atoms with Crippen LogP contribution in [-0.2, 0) is 10.0 Å². The van der Waals surface area contributed by atoms with Gasteiger partial charge in [-0.3, -0.25) is 9.78 Å². The molecule has 0 spiro atoms. The molecule has 26 heavy (non-hydrogen) atoms. The molecule has 3 rings (SSSR count). The van der Waals surface area contributed by atoms with Crippen LogP contribution in [0.25, 0.3) is 11.1 Å². The van der Waals surface area contributed by atoms with E-state index >= 15 is 0 Å². The molecule has 0 aliphatic rings. The van der Waals surface area contributed by atoms with Crippen LogP contribution in [0.1, 0.15) is 10.4 Å². The van der Waals surface area contributed by atoms with Crippen molar-refractivity contribution in [1.29, 1.82) is 0 Å². The summed E-state index contributed by atoms with van der Waals surface area (Å²) in [5.74, 6) is -1.08. The summed E-state index contributed by atoms with van der Waals surface area (Å²) in [5.41, 5.74) is 1.41. The SMILES string of the molecule is C=CCNS(=O)(=O)c1cccc(C(=O)Nc2ccc3oc(=O)[nH]c3c2)c1. The zero-order chi connectivity index (χ0) is 18.7. The van der Waals surface area contributed by atoms with Gasteiger partial charge in [0.15, 0.2) is 5.58 Å². The molecule has 0 fully saturated rings. The third kappa shape index (κ3) is 3.73. The lowest BCUT2D eigenvalue weighted by molar-refractivity contribution is 0.102. The normalized spacial score (nSPS) is 11.4. The third-order valence-electron chi connectivity index (χ3n) is 3.50. The van der Waals surface area contributed by atoms with Gasteiger partial charge in [-0.2, -0.15) is 0 Å². The molecule has 0 unspecified atom stereocenters. The van der Waals surface area contributed by atoms with Crippen molar-refractivity contribution in [2.45, 2.75) is 4.90 Å². The molecule has 8 nitrogen and oxygen atoms in total. The summed E-state index contributed by atoms with van der Waals surface area (Å²) in [6, 6.07) is 10.3. The number of rotatable bonds is 6. The number of aromatic nitrogens is 1. The molecule has 1 heterocycles. The monoisotopic (exact) mass is 373 g/mol. The molecule has 0 saturated heterocycles. The van der Waals surface area contributed by atoms with Gasteiger partial charge < -0.3 is 9.73 Å². The van der Waals surface area contributed by atoms with Crippen molar-refractivity contribution in [3.8, 4) is 0 Å². The number of sulfonamides is 1. The highest BCUT2D eigenvalue weighted by Crippen LogP contribution is 2.18. The average Bonchev–Trinajstić information content (AvgIpc) is 2.99. The smallest absolute Gasteiger partial charge is 0.408 e. The molecule has 1 amide bonds. The highest BCUT2D eigenvalue weighted by Gasteiger charge is 2.15. The number of hydrogen-bond acceptors (Lipinski definition) is 5. The number of aromatic amines is 1. The summed E-state index contributed by atoms with van der Waals surface area (Å²) in [6.07, 6.45) is 1.42.